The smallest absolute Gasteiger partial charge is 0.336 e. The first-order valence-electron chi connectivity index (χ1n) is 5.82. The van der Waals surface area contributed by atoms with Crippen molar-refractivity contribution in [2.24, 2.45) is 5.92 Å². The molecule has 1 atom stereocenters. The Kier molecular flexibility index (Phi) is 3.34. The number of carboxylic acid groups (broad SMARTS) is 1. The molecule has 2 rings (SSSR count). The molecule has 1 aliphatic heterocycles. The highest BCUT2D eigenvalue weighted by molar-refractivity contribution is 5.89. The second-order valence-corrected chi connectivity index (χ2v) is 4.72. The van der Waals surface area contributed by atoms with Crippen LogP contribution in [0.25, 0.3) is 0 Å². The van der Waals surface area contributed by atoms with Gasteiger partial charge in [-0.1, -0.05) is 18.2 Å². The monoisotopic (exact) mass is 255 g/mol. The zero-order valence-corrected chi connectivity index (χ0v) is 10.1. The van der Waals surface area contributed by atoms with Gasteiger partial charge in [-0.25, -0.2) is 13.6 Å². The minimum absolute atomic E-state index is 0.293. The summed E-state index contributed by atoms with van der Waals surface area (Å²) in [4.78, 5) is 12.8. The summed E-state index contributed by atoms with van der Waals surface area (Å²) in [5, 5.41) is 8.98. The molecule has 1 heterocycles. The highest BCUT2D eigenvalue weighted by atomic mass is 19.3. The molecule has 3 nitrogen and oxygen atoms in total. The Bertz CT molecular complexity index is 462. The van der Waals surface area contributed by atoms with E-state index in [1.54, 1.807) is 7.05 Å². The number of halogens is 2. The number of carboxylic acids is 1. The largest absolute Gasteiger partial charge is 0.478 e. The van der Waals surface area contributed by atoms with E-state index in [1.165, 1.54) is 24.3 Å². The Morgan fingerprint density at radius 1 is 1.44 bits per heavy atom. The van der Waals surface area contributed by atoms with Crippen molar-refractivity contribution in [3.63, 3.8) is 0 Å². The number of alkyl halides is 2. The molecule has 0 aromatic heterocycles. The van der Waals surface area contributed by atoms with E-state index in [1.807, 2.05) is 4.90 Å². The number of aromatic carboxylic acids is 1. The van der Waals surface area contributed by atoms with Gasteiger partial charge in [0, 0.05) is 18.0 Å². The summed E-state index contributed by atoms with van der Waals surface area (Å²) in [6.45, 7) is 0.913. The number of hydrogen-bond acceptors (Lipinski definition) is 2. The van der Waals surface area contributed by atoms with Crippen molar-refractivity contribution >= 4 is 5.97 Å². The fourth-order valence-electron chi connectivity index (χ4n) is 2.41. The third-order valence-corrected chi connectivity index (χ3v) is 3.42. The van der Waals surface area contributed by atoms with Gasteiger partial charge in [0.15, 0.2) is 0 Å². The molecule has 0 saturated carbocycles. The van der Waals surface area contributed by atoms with Crippen LogP contribution in [0.4, 0.5) is 8.78 Å². The highest BCUT2D eigenvalue weighted by Gasteiger charge is 2.45. The predicted molar refractivity (Wildman–Crippen MR) is 62.9 cm³/mol. The van der Waals surface area contributed by atoms with Gasteiger partial charge in [0.1, 0.15) is 0 Å². The lowest BCUT2D eigenvalue weighted by atomic mass is 9.90. The van der Waals surface area contributed by atoms with E-state index in [9.17, 15) is 13.6 Å². The summed E-state index contributed by atoms with van der Waals surface area (Å²) in [6.07, 6.45) is 0.386. The number of benzene rings is 1. The van der Waals surface area contributed by atoms with Crippen LogP contribution < -0.4 is 0 Å². The van der Waals surface area contributed by atoms with E-state index in [2.05, 4.69) is 0 Å². The predicted octanol–water partition coefficient (Wildman–Crippen LogP) is 2.43. The lowest BCUT2D eigenvalue weighted by Crippen LogP contribution is -2.30. The van der Waals surface area contributed by atoms with E-state index in [0.717, 1.165) is 0 Å². The lowest BCUT2D eigenvalue weighted by Gasteiger charge is -2.24. The van der Waals surface area contributed by atoms with Gasteiger partial charge < -0.3 is 10.0 Å². The van der Waals surface area contributed by atoms with Gasteiger partial charge in [0.25, 0.3) is 5.92 Å². The van der Waals surface area contributed by atoms with E-state index in [4.69, 9.17) is 5.11 Å². The summed E-state index contributed by atoms with van der Waals surface area (Å²) >= 11 is 0. The molecule has 18 heavy (non-hydrogen) atoms. The molecule has 1 unspecified atom stereocenters. The van der Waals surface area contributed by atoms with Crippen molar-refractivity contribution in [1.82, 2.24) is 4.90 Å². The third-order valence-electron chi connectivity index (χ3n) is 3.42. The number of hydrogen-bond donors (Lipinski definition) is 1. The van der Waals surface area contributed by atoms with Gasteiger partial charge >= 0.3 is 5.97 Å². The van der Waals surface area contributed by atoms with Crippen molar-refractivity contribution in [3.8, 4) is 0 Å². The average molecular weight is 255 g/mol. The lowest BCUT2D eigenvalue weighted by molar-refractivity contribution is -0.0610. The SMILES string of the molecule is CN1CCC(C(F)(F)c2ccccc2C(=O)O)C1. The summed E-state index contributed by atoms with van der Waals surface area (Å²) in [5.41, 5.74) is -0.685. The zero-order valence-electron chi connectivity index (χ0n) is 10.1. The van der Waals surface area contributed by atoms with Gasteiger partial charge in [-0.15, -0.1) is 0 Å². The van der Waals surface area contributed by atoms with E-state index >= 15 is 0 Å². The van der Waals surface area contributed by atoms with Crippen LogP contribution in [0.3, 0.4) is 0 Å². The standard InChI is InChI=1S/C13H15F2NO2/c1-16-7-6-9(8-16)13(14,15)11-5-3-2-4-10(11)12(17)18/h2-5,9H,6-8H2,1H3,(H,17,18). The Hall–Kier alpha value is -1.49. The van der Waals surface area contributed by atoms with Crippen molar-refractivity contribution in [2.45, 2.75) is 12.3 Å². The Morgan fingerprint density at radius 2 is 2.11 bits per heavy atom. The quantitative estimate of drug-likeness (QED) is 0.901. The van der Waals surface area contributed by atoms with Gasteiger partial charge in [-0.3, -0.25) is 0 Å². The fourth-order valence-corrected chi connectivity index (χ4v) is 2.41. The maximum atomic E-state index is 14.4. The minimum atomic E-state index is -3.10. The Morgan fingerprint density at radius 3 is 2.67 bits per heavy atom. The van der Waals surface area contributed by atoms with Crippen LogP contribution in [0.5, 0.6) is 0 Å². The molecule has 0 aliphatic carbocycles. The topological polar surface area (TPSA) is 40.5 Å². The van der Waals surface area contributed by atoms with Crippen LogP contribution in [-0.2, 0) is 5.92 Å². The third kappa shape index (κ3) is 2.22. The number of nitrogens with zero attached hydrogens (tertiary/aromatic N) is 1. The summed E-state index contributed by atoms with van der Waals surface area (Å²) < 4.78 is 28.7. The Labute approximate surface area is 104 Å². The van der Waals surface area contributed by atoms with E-state index < -0.39 is 17.8 Å². The maximum absolute atomic E-state index is 14.4. The molecule has 1 aliphatic rings. The summed E-state index contributed by atoms with van der Waals surface area (Å²) in [7, 11) is 1.79. The molecule has 1 N–H and O–H groups in total. The van der Waals surface area contributed by atoms with Crippen molar-refractivity contribution < 1.29 is 18.7 Å². The molecule has 5 heteroatoms. The first-order chi connectivity index (χ1) is 8.43. The van der Waals surface area contributed by atoms with Crippen LogP contribution in [-0.4, -0.2) is 36.1 Å². The molecule has 0 spiro atoms. The van der Waals surface area contributed by atoms with Gasteiger partial charge in [-0.2, -0.15) is 0 Å². The normalized spacial score (nSPS) is 21.2. The highest BCUT2D eigenvalue weighted by Crippen LogP contribution is 2.41. The summed E-state index contributed by atoms with van der Waals surface area (Å²) in [5.74, 6) is -5.22. The number of rotatable bonds is 3. The average Bonchev–Trinajstić information content (AvgIpc) is 2.76. The molecular weight excluding hydrogens is 240 g/mol. The zero-order chi connectivity index (χ0) is 13.3. The molecule has 0 amide bonds. The first kappa shape index (κ1) is 13.0. The maximum Gasteiger partial charge on any atom is 0.336 e. The van der Waals surface area contributed by atoms with Gasteiger partial charge in [0.05, 0.1) is 5.56 Å². The summed E-state index contributed by atoms with van der Waals surface area (Å²) in [6, 6.07) is 5.35. The molecule has 1 saturated heterocycles. The van der Waals surface area contributed by atoms with Crippen molar-refractivity contribution in [1.29, 1.82) is 0 Å². The van der Waals surface area contributed by atoms with E-state index in [0.29, 0.717) is 19.5 Å². The van der Waals surface area contributed by atoms with Crippen molar-refractivity contribution in [3.05, 3.63) is 35.4 Å². The van der Waals surface area contributed by atoms with Crippen LogP contribution >= 0.6 is 0 Å². The van der Waals surface area contributed by atoms with Gasteiger partial charge in [-0.05, 0) is 26.1 Å². The molecule has 1 aromatic carbocycles. The number of likely N-dealkylation sites (tertiary alicyclic amines) is 1. The van der Waals surface area contributed by atoms with Gasteiger partial charge in [0.2, 0.25) is 0 Å². The van der Waals surface area contributed by atoms with Crippen LogP contribution in [0.2, 0.25) is 0 Å². The Balaban J connectivity index is 2.37. The molecule has 0 bridgehead atoms. The van der Waals surface area contributed by atoms with E-state index in [-0.39, 0.29) is 11.1 Å². The van der Waals surface area contributed by atoms with Crippen LogP contribution in [0.15, 0.2) is 24.3 Å². The molecule has 0 radical (unpaired) electrons. The second kappa shape index (κ2) is 4.65. The molecule has 1 aromatic rings. The molecule has 98 valence electrons. The van der Waals surface area contributed by atoms with Crippen LogP contribution in [0, 0.1) is 5.92 Å². The second-order valence-electron chi connectivity index (χ2n) is 4.72. The number of carbonyl (C=O) groups is 1. The first-order valence-corrected chi connectivity index (χ1v) is 5.82. The van der Waals surface area contributed by atoms with Crippen LogP contribution in [0.1, 0.15) is 22.3 Å². The fraction of sp³-hybridized carbons (Fsp3) is 0.462. The van der Waals surface area contributed by atoms with Crippen molar-refractivity contribution in [2.75, 3.05) is 20.1 Å². The molecular formula is C13H15F2NO2. The minimum Gasteiger partial charge on any atom is -0.478 e. The molecule has 1 fully saturated rings.